The van der Waals surface area contributed by atoms with E-state index in [1.165, 1.54) is 48.3 Å². The van der Waals surface area contributed by atoms with Gasteiger partial charge in [0.25, 0.3) is 5.91 Å². The van der Waals surface area contributed by atoms with E-state index in [0.717, 1.165) is 0 Å². The van der Waals surface area contributed by atoms with Crippen LogP contribution >= 0.6 is 11.8 Å². The highest BCUT2D eigenvalue weighted by Gasteiger charge is 2.61. The molecule has 148 valence electrons. The van der Waals surface area contributed by atoms with Crippen molar-refractivity contribution in [3.05, 3.63) is 65.0 Å². The van der Waals surface area contributed by atoms with Gasteiger partial charge in [0.05, 0.1) is 24.8 Å². The second-order valence-electron chi connectivity index (χ2n) is 6.90. The van der Waals surface area contributed by atoms with Crippen LogP contribution in [-0.2, 0) is 10.3 Å². The molecule has 1 fully saturated rings. The summed E-state index contributed by atoms with van der Waals surface area (Å²) in [6.07, 6.45) is 1.29. The number of halogens is 2. The van der Waals surface area contributed by atoms with Gasteiger partial charge >= 0.3 is 0 Å². The van der Waals surface area contributed by atoms with Crippen LogP contribution in [0.15, 0.2) is 41.5 Å². The number of fused-ring (bicyclic) bond motifs is 1. The van der Waals surface area contributed by atoms with Gasteiger partial charge in [-0.05, 0) is 31.2 Å². The number of thioether (sulfide) groups is 1. The molecule has 1 saturated heterocycles. The first-order chi connectivity index (χ1) is 13.9. The van der Waals surface area contributed by atoms with Gasteiger partial charge in [-0.15, -0.1) is 11.8 Å². The third kappa shape index (κ3) is 3.28. The molecule has 9 heteroatoms. The molecule has 4 rings (SSSR count). The summed E-state index contributed by atoms with van der Waals surface area (Å²) in [5.74, 6) is -1.02. The van der Waals surface area contributed by atoms with Crippen LogP contribution < -0.4 is 5.32 Å². The summed E-state index contributed by atoms with van der Waals surface area (Å²) in [4.78, 5) is 24.1. The number of pyridine rings is 1. The van der Waals surface area contributed by atoms with Gasteiger partial charge in [0.1, 0.15) is 17.1 Å². The largest absolute Gasteiger partial charge is 0.375 e. The fraction of sp³-hybridized carbons (Fsp3) is 0.300. The molecule has 2 aliphatic heterocycles. The van der Waals surface area contributed by atoms with Crippen LogP contribution in [0.4, 0.5) is 20.2 Å². The maximum Gasteiger partial charge on any atom is 0.274 e. The lowest BCUT2D eigenvalue weighted by molar-refractivity contribution is 0.102. The molecule has 1 N–H and O–H groups in total. The first kappa shape index (κ1) is 19.5. The molecule has 1 amide bonds. The Bertz CT molecular complexity index is 1050. The first-order valence-corrected chi connectivity index (χ1v) is 9.76. The summed E-state index contributed by atoms with van der Waals surface area (Å²) in [7, 11) is 0. The highest BCUT2D eigenvalue weighted by molar-refractivity contribution is 8.14. The number of benzene rings is 1. The van der Waals surface area contributed by atoms with Crippen molar-refractivity contribution in [1.29, 1.82) is 0 Å². The minimum absolute atomic E-state index is 0.0475. The number of aromatic nitrogens is 1. The lowest BCUT2D eigenvalue weighted by atomic mass is 9.79. The van der Waals surface area contributed by atoms with Gasteiger partial charge in [-0.3, -0.25) is 14.8 Å². The summed E-state index contributed by atoms with van der Waals surface area (Å²) < 4.78 is 35.8. The normalized spacial score (nSPS) is 25.7. The molecule has 29 heavy (non-hydrogen) atoms. The molecule has 2 atom stereocenters. The molecule has 0 spiro atoms. The zero-order valence-electron chi connectivity index (χ0n) is 15.4. The van der Waals surface area contributed by atoms with Crippen LogP contribution in [0, 0.1) is 12.4 Å². The fourth-order valence-electron chi connectivity index (χ4n) is 3.50. The number of aliphatic imine (C=N–C) groups is 1. The van der Waals surface area contributed by atoms with Crippen molar-refractivity contribution in [2.75, 3.05) is 24.3 Å². The second kappa shape index (κ2) is 7.21. The van der Waals surface area contributed by atoms with E-state index in [0.29, 0.717) is 10.7 Å². The van der Waals surface area contributed by atoms with Crippen LogP contribution in [0.1, 0.15) is 23.0 Å². The maximum absolute atomic E-state index is 15.6. The van der Waals surface area contributed by atoms with Gasteiger partial charge in [-0.25, -0.2) is 13.6 Å². The third-order valence-electron chi connectivity index (χ3n) is 5.02. The molecule has 1 aromatic heterocycles. The van der Waals surface area contributed by atoms with E-state index in [4.69, 9.17) is 11.3 Å². The number of nitrogens with zero attached hydrogens (tertiary/aromatic N) is 3. The lowest BCUT2D eigenvalue weighted by Gasteiger charge is -2.39. The molecule has 0 saturated carbocycles. The van der Waals surface area contributed by atoms with Gasteiger partial charge < -0.3 is 10.1 Å². The van der Waals surface area contributed by atoms with Crippen molar-refractivity contribution in [2.24, 2.45) is 4.99 Å². The number of carbonyl (C=O) groups excluding carboxylic acids is 1. The molecule has 2 aliphatic rings. The quantitative estimate of drug-likeness (QED) is 0.767. The van der Waals surface area contributed by atoms with Gasteiger partial charge in [0, 0.05) is 23.2 Å². The van der Waals surface area contributed by atoms with Crippen molar-refractivity contribution in [3.8, 4) is 0 Å². The third-order valence-corrected chi connectivity index (χ3v) is 6.13. The maximum atomic E-state index is 15.6. The van der Waals surface area contributed by atoms with Gasteiger partial charge in [0.2, 0.25) is 5.69 Å². The smallest absolute Gasteiger partial charge is 0.274 e. The topological polar surface area (TPSA) is 67.9 Å². The highest BCUT2D eigenvalue weighted by Crippen LogP contribution is 2.51. The summed E-state index contributed by atoms with van der Waals surface area (Å²) in [6.45, 7) is 8.45. The van der Waals surface area contributed by atoms with Crippen molar-refractivity contribution >= 4 is 34.1 Å². The Morgan fingerprint density at radius 1 is 1.34 bits per heavy atom. The highest BCUT2D eigenvalue weighted by atomic mass is 32.2. The minimum atomic E-state index is -1.84. The predicted octanol–water partition coefficient (Wildman–Crippen LogP) is 4.12. The second-order valence-corrected chi connectivity index (χ2v) is 8.07. The average Bonchev–Trinajstić information content (AvgIpc) is 3.06. The molecule has 0 bridgehead atoms. The van der Waals surface area contributed by atoms with Crippen molar-refractivity contribution in [2.45, 2.75) is 18.1 Å². The molecular weight excluding hydrogens is 398 g/mol. The van der Waals surface area contributed by atoms with Gasteiger partial charge in [0.15, 0.2) is 5.67 Å². The van der Waals surface area contributed by atoms with Crippen molar-refractivity contribution in [3.63, 3.8) is 0 Å². The Morgan fingerprint density at radius 2 is 2.17 bits per heavy atom. The van der Waals surface area contributed by atoms with Crippen molar-refractivity contribution < 1.29 is 18.3 Å². The Balaban J connectivity index is 1.68. The van der Waals surface area contributed by atoms with E-state index in [1.807, 2.05) is 0 Å². The van der Waals surface area contributed by atoms with E-state index in [2.05, 4.69) is 20.1 Å². The van der Waals surface area contributed by atoms with E-state index in [1.54, 1.807) is 6.92 Å². The number of ether oxygens (including phenoxy) is 1. The standard InChI is InChI=1S/C20H16F2N4O2S/c1-12-26-20(10-28-9-19(20,22)11-29-12)15-7-13(3-5-16(15)21)25-18(27)17-6-4-14(23-2)8-24-17/h3-8H,9-11H2,1H3,(H,25,27)/t19-,20-/m1/s1. The van der Waals surface area contributed by atoms with Crippen LogP contribution in [0.25, 0.3) is 4.85 Å². The lowest BCUT2D eigenvalue weighted by Crippen LogP contribution is -2.51. The van der Waals surface area contributed by atoms with E-state index in [-0.39, 0.29) is 35.9 Å². The molecular formula is C20H16F2N4O2S. The monoisotopic (exact) mass is 414 g/mol. The Morgan fingerprint density at radius 3 is 2.90 bits per heavy atom. The molecule has 3 heterocycles. The predicted molar refractivity (Wildman–Crippen MR) is 107 cm³/mol. The Labute approximate surface area is 170 Å². The van der Waals surface area contributed by atoms with Gasteiger partial charge in [-0.1, -0.05) is 6.07 Å². The number of nitrogens with one attached hydrogen (secondary N) is 1. The number of rotatable bonds is 3. The van der Waals surface area contributed by atoms with E-state index >= 15 is 4.39 Å². The SMILES string of the molecule is [C-]#[N+]c1ccc(C(=O)Nc2ccc(F)c([C@]34COC[C@@]3(F)CSC(C)=N4)c2)nc1. The zero-order valence-corrected chi connectivity index (χ0v) is 16.2. The molecule has 2 aromatic rings. The van der Waals surface area contributed by atoms with Crippen molar-refractivity contribution in [1.82, 2.24) is 4.98 Å². The van der Waals surface area contributed by atoms with Gasteiger partial charge in [-0.2, -0.15) is 0 Å². The van der Waals surface area contributed by atoms with Crippen LogP contribution in [0.3, 0.4) is 0 Å². The molecule has 0 aliphatic carbocycles. The van der Waals surface area contributed by atoms with Crippen LogP contribution in [0.5, 0.6) is 0 Å². The summed E-state index contributed by atoms with van der Waals surface area (Å²) in [5, 5.41) is 3.29. The molecule has 6 nitrogen and oxygen atoms in total. The number of anilines is 1. The number of carbonyl (C=O) groups is 1. The first-order valence-electron chi connectivity index (χ1n) is 8.78. The Kier molecular flexibility index (Phi) is 4.84. The average molecular weight is 414 g/mol. The molecule has 0 radical (unpaired) electrons. The Hall–Kier alpha value is -2.83. The molecule has 1 aromatic carbocycles. The number of hydrogen-bond donors (Lipinski definition) is 1. The number of amides is 1. The summed E-state index contributed by atoms with van der Waals surface area (Å²) in [6, 6.07) is 6.88. The number of hydrogen-bond acceptors (Lipinski definition) is 5. The minimum Gasteiger partial charge on any atom is -0.375 e. The van der Waals surface area contributed by atoms with E-state index < -0.39 is 22.9 Å². The zero-order chi connectivity index (χ0) is 20.6. The van der Waals surface area contributed by atoms with Crippen LogP contribution in [0.2, 0.25) is 0 Å². The number of alkyl halides is 1. The van der Waals surface area contributed by atoms with E-state index in [9.17, 15) is 9.18 Å². The fourth-order valence-corrected chi connectivity index (χ4v) is 4.48. The summed E-state index contributed by atoms with van der Waals surface area (Å²) in [5.41, 5.74) is -2.56. The molecule has 0 unspecified atom stereocenters. The summed E-state index contributed by atoms with van der Waals surface area (Å²) >= 11 is 1.28. The van der Waals surface area contributed by atoms with Crippen LogP contribution in [-0.4, -0.2) is 40.6 Å².